The first kappa shape index (κ1) is 15.4. The van der Waals surface area contributed by atoms with Gasteiger partial charge in [0.25, 0.3) is 0 Å². The highest BCUT2D eigenvalue weighted by molar-refractivity contribution is 9.10. The lowest BCUT2D eigenvalue weighted by atomic mass is 10.2. The van der Waals surface area contributed by atoms with E-state index < -0.39 is 0 Å². The third-order valence-electron chi connectivity index (χ3n) is 3.30. The molecule has 2 rings (SSSR count). The van der Waals surface area contributed by atoms with Gasteiger partial charge in [-0.15, -0.1) is 11.6 Å². The highest BCUT2D eigenvalue weighted by Gasteiger charge is 2.13. The Bertz CT molecular complexity index is 580. The zero-order valence-electron chi connectivity index (χ0n) is 11.8. The number of nitrogens with zero attached hydrogens (tertiary/aromatic N) is 2. The van der Waals surface area contributed by atoms with Gasteiger partial charge in [-0.2, -0.15) is 5.10 Å². The fraction of sp³-hybridized carbons (Fsp3) is 0.400. The predicted molar refractivity (Wildman–Crippen MR) is 88.3 cm³/mol. The molecule has 0 saturated carbocycles. The molecule has 3 nitrogen and oxygen atoms in total. The molecule has 0 atom stereocenters. The molecule has 5 heteroatoms. The van der Waals surface area contributed by atoms with Crippen LogP contribution in [-0.2, 0) is 25.4 Å². The quantitative estimate of drug-likeness (QED) is 0.768. The lowest BCUT2D eigenvalue weighted by molar-refractivity contribution is 0.619. The molecule has 0 aliphatic carbocycles. The smallest absolute Gasteiger partial charge is 0.0767 e. The second-order valence-electron chi connectivity index (χ2n) is 4.52. The van der Waals surface area contributed by atoms with Crippen molar-refractivity contribution in [2.75, 3.05) is 5.32 Å². The minimum Gasteiger partial charge on any atom is -0.379 e. The monoisotopic (exact) mass is 355 g/mol. The number of hydrogen-bond donors (Lipinski definition) is 1. The minimum atomic E-state index is 0.512. The number of benzene rings is 1. The number of rotatable bonds is 6. The molecule has 1 heterocycles. The van der Waals surface area contributed by atoms with Crippen molar-refractivity contribution in [2.24, 2.45) is 0 Å². The third kappa shape index (κ3) is 3.18. The molecular formula is C15H19BrClN3. The van der Waals surface area contributed by atoms with E-state index in [1.807, 2.05) is 22.9 Å². The Morgan fingerprint density at radius 2 is 2.05 bits per heavy atom. The van der Waals surface area contributed by atoms with E-state index in [2.05, 4.69) is 46.3 Å². The fourth-order valence-electron chi connectivity index (χ4n) is 2.17. The Hall–Kier alpha value is -1.000. The Kier molecular flexibility index (Phi) is 5.49. The van der Waals surface area contributed by atoms with Crippen molar-refractivity contribution in [3.63, 3.8) is 0 Å². The summed E-state index contributed by atoms with van der Waals surface area (Å²) in [6, 6.07) is 8.12. The van der Waals surface area contributed by atoms with Crippen molar-refractivity contribution < 1.29 is 0 Å². The predicted octanol–water partition coefficient (Wildman–Crippen LogP) is 4.58. The Labute approximate surface area is 133 Å². The van der Waals surface area contributed by atoms with Crippen molar-refractivity contribution in [1.29, 1.82) is 0 Å². The summed E-state index contributed by atoms with van der Waals surface area (Å²) in [4.78, 5) is 0. The molecule has 0 aliphatic heterocycles. The highest BCUT2D eigenvalue weighted by atomic mass is 79.9. The van der Waals surface area contributed by atoms with E-state index >= 15 is 0 Å². The van der Waals surface area contributed by atoms with Crippen molar-refractivity contribution in [2.45, 2.75) is 39.2 Å². The summed E-state index contributed by atoms with van der Waals surface area (Å²) >= 11 is 9.63. The normalized spacial score (nSPS) is 10.8. The average Bonchev–Trinajstić information content (AvgIpc) is 2.81. The van der Waals surface area contributed by atoms with Gasteiger partial charge in [-0.05, 0) is 40.9 Å². The minimum absolute atomic E-state index is 0.512. The van der Waals surface area contributed by atoms with Gasteiger partial charge in [0.1, 0.15) is 0 Å². The standard InChI is InChI=1S/C15H19BrClN3/c1-3-12-15(16)14(20(4-2)19-12)10-18-13-8-6-5-7-11(13)9-17/h5-8,18H,3-4,9-10H2,1-2H3. The zero-order valence-corrected chi connectivity index (χ0v) is 14.1. The number of aromatic nitrogens is 2. The molecule has 0 spiro atoms. The van der Waals surface area contributed by atoms with Crippen molar-refractivity contribution in [3.05, 3.63) is 45.7 Å². The molecular weight excluding hydrogens is 338 g/mol. The molecule has 0 radical (unpaired) electrons. The molecule has 2 aromatic rings. The van der Waals surface area contributed by atoms with Gasteiger partial charge in [0.2, 0.25) is 0 Å². The Morgan fingerprint density at radius 3 is 2.70 bits per heavy atom. The van der Waals surface area contributed by atoms with E-state index in [0.717, 1.165) is 40.9 Å². The number of aryl methyl sites for hydroxylation is 2. The van der Waals surface area contributed by atoms with Crippen LogP contribution in [0.25, 0.3) is 0 Å². The van der Waals surface area contributed by atoms with Gasteiger partial charge in [0, 0.05) is 18.1 Å². The number of anilines is 1. The van der Waals surface area contributed by atoms with Crippen LogP contribution in [-0.4, -0.2) is 9.78 Å². The number of hydrogen-bond acceptors (Lipinski definition) is 2. The SMILES string of the molecule is CCc1nn(CC)c(CNc2ccccc2CCl)c1Br. The van der Waals surface area contributed by atoms with Crippen LogP contribution >= 0.6 is 27.5 Å². The maximum atomic E-state index is 5.96. The maximum absolute atomic E-state index is 5.96. The summed E-state index contributed by atoms with van der Waals surface area (Å²) in [5.74, 6) is 0.512. The highest BCUT2D eigenvalue weighted by Crippen LogP contribution is 2.24. The summed E-state index contributed by atoms with van der Waals surface area (Å²) in [6.07, 6.45) is 0.929. The largest absolute Gasteiger partial charge is 0.379 e. The topological polar surface area (TPSA) is 29.9 Å². The lowest BCUT2D eigenvalue weighted by Gasteiger charge is -2.11. The molecule has 0 aliphatic rings. The Balaban J connectivity index is 2.20. The van der Waals surface area contributed by atoms with Gasteiger partial charge >= 0.3 is 0 Å². The summed E-state index contributed by atoms with van der Waals surface area (Å²) in [5.41, 5.74) is 4.47. The van der Waals surface area contributed by atoms with Crippen molar-refractivity contribution in [3.8, 4) is 0 Å². The number of halogens is 2. The van der Waals surface area contributed by atoms with Crippen LogP contribution in [0.2, 0.25) is 0 Å². The fourth-order valence-corrected chi connectivity index (χ4v) is 3.11. The summed E-state index contributed by atoms with van der Waals surface area (Å²) in [5, 5.41) is 8.06. The third-order valence-corrected chi connectivity index (χ3v) is 4.51. The molecule has 108 valence electrons. The molecule has 0 fully saturated rings. The molecule has 0 amide bonds. The van der Waals surface area contributed by atoms with Crippen molar-refractivity contribution >= 4 is 33.2 Å². The number of nitrogens with one attached hydrogen (secondary N) is 1. The molecule has 20 heavy (non-hydrogen) atoms. The summed E-state index contributed by atoms with van der Waals surface area (Å²) in [7, 11) is 0. The van der Waals surface area contributed by atoms with Gasteiger partial charge in [0.15, 0.2) is 0 Å². The van der Waals surface area contributed by atoms with Gasteiger partial charge in [-0.1, -0.05) is 25.1 Å². The molecule has 0 saturated heterocycles. The molecule has 1 aromatic carbocycles. The van der Waals surface area contributed by atoms with Crippen LogP contribution in [0.4, 0.5) is 5.69 Å². The molecule has 0 bridgehead atoms. The lowest BCUT2D eigenvalue weighted by Crippen LogP contribution is -2.09. The molecule has 0 unspecified atom stereocenters. The second kappa shape index (κ2) is 7.14. The van der Waals surface area contributed by atoms with E-state index in [4.69, 9.17) is 11.6 Å². The van der Waals surface area contributed by atoms with Crippen LogP contribution in [0.5, 0.6) is 0 Å². The first-order valence-corrected chi connectivity index (χ1v) is 8.15. The first-order chi connectivity index (χ1) is 9.71. The van der Waals surface area contributed by atoms with Gasteiger partial charge in [-0.3, -0.25) is 4.68 Å². The van der Waals surface area contributed by atoms with E-state index in [-0.39, 0.29) is 0 Å². The van der Waals surface area contributed by atoms with Crippen molar-refractivity contribution in [1.82, 2.24) is 9.78 Å². The van der Waals surface area contributed by atoms with Crippen LogP contribution < -0.4 is 5.32 Å². The number of para-hydroxylation sites is 1. The van der Waals surface area contributed by atoms with Gasteiger partial charge < -0.3 is 5.32 Å². The molecule has 1 N–H and O–H groups in total. The van der Waals surface area contributed by atoms with Crippen LogP contribution in [0.1, 0.15) is 30.8 Å². The summed E-state index contributed by atoms with van der Waals surface area (Å²) in [6.45, 7) is 5.82. The average molecular weight is 357 g/mol. The first-order valence-electron chi connectivity index (χ1n) is 6.83. The second-order valence-corrected chi connectivity index (χ2v) is 5.58. The van der Waals surface area contributed by atoms with E-state index in [9.17, 15) is 0 Å². The Morgan fingerprint density at radius 1 is 1.30 bits per heavy atom. The van der Waals surface area contributed by atoms with Crippen LogP contribution in [0.15, 0.2) is 28.7 Å². The molecule has 1 aromatic heterocycles. The zero-order chi connectivity index (χ0) is 14.5. The number of alkyl halides is 1. The summed E-state index contributed by atoms with van der Waals surface area (Å²) < 4.78 is 3.15. The van der Waals surface area contributed by atoms with E-state index in [0.29, 0.717) is 5.88 Å². The van der Waals surface area contributed by atoms with Crippen LogP contribution in [0.3, 0.4) is 0 Å². The van der Waals surface area contributed by atoms with E-state index in [1.165, 1.54) is 5.69 Å². The van der Waals surface area contributed by atoms with Gasteiger partial charge in [0.05, 0.1) is 22.4 Å². The van der Waals surface area contributed by atoms with E-state index in [1.54, 1.807) is 0 Å². The maximum Gasteiger partial charge on any atom is 0.0767 e. The van der Waals surface area contributed by atoms with Crippen LogP contribution in [0, 0.1) is 0 Å². The van der Waals surface area contributed by atoms with Gasteiger partial charge in [-0.25, -0.2) is 0 Å².